The molecule has 0 spiro atoms. The molecule has 0 aromatic heterocycles. The monoisotopic (exact) mass is 252 g/mol. The van der Waals surface area contributed by atoms with Crippen LogP contribution < -0.4 is 5.73 Å². The summed E-state index contributed by atoms with van der Waals surface area (Å²) in [4.78, 5) is 14.3. The van der Waals surface area contributed by atoms with Gasteiger partial charge in [0.25, 0.3) is 0 Å². The van der Waals surface area contributed by atoms with E-state index in [9.17, 15) is 4.79 Å². The van der Waals surface area contributed by atoms with Crippen LogP contribution in [-0.2, 0) is 4.79 Å². The summed E-state index contributed by atoms with van der Waals surface area (Å²) in [7, 11) is 0. The van der Waals surface area contributed by atoms with Gasteiger partial charge in [-0.25, -0.2) is 0 Å². The molecule has 1 heterocycles. The van der Waals surface area contributed by atoms with Crippen LogP contribution in [0.4, 0.5) is 0 Å². The molecule has 1 saturated carbocycles. The fourth-order valence-corrected chi connectivity index (χ4v) is 3.37. The predicted molar refractivity (Wildman–Crippen MR) is 74.1 cm³/mol. The molecule has 104 valence electrons. The van der Waals surface area contributed by atoms with E-state index in [4.69, 9.17) is 5.73 Å². The number of rotatable bonds is 3. The molecule has 3 heteroatoms. The summed E-state index contributed by atoms with van der Waals surface area (Å²) in [5.74, 6) is 1.71. The number of nitrogens with two attached hydrogens (primary N) is 1. The van der Waals surface area contributed by atoms with Crippen LogP contribution in [-0.4, -0.2) is 30.4 Å². The lowest BCUT2D eigenvalue weighted by Crippen LogP contribution is -2.32. The average molecular weight is 252 g/mol. The smallest absolute Gasteiger partial charge is 0.222 e. The Morgan fingerprint density at radius 2 is 1.83 bits per heavy atom. The van der Waals surface area contributed by atoms with Gasteiger partial charge in [0.2, 0.25) is 5.91 Å². The van der Waals surface area contributed by atoms with Crippen LogP contribution in [0.1, 0.15) is 52.4 Å². The average Bonchev–Trinajstić information content (AvgIpc) is 2.71. The first kappa shape index (κ1) is 13.9. The minimum absolute atomic E-state index is 0.326. The van der Waals surface area contributed by atoms with Gasteiger partial charge in [-0.05, 0) is 55.9 Å². The van der Waals surface area contributed by atoms with Crippen molar-refractivity contribution in [1.82, 2.24) is 4.90 Å². The van der Waals surface area contributed by atoms with Gasteiger partial charge in [0.1, 0.15) is 0 Å². The van der Waals surface area contributed by atoms with Crippen molar-refractivity contribution in [2.24, 2.45) is 23.0 Å². The fraction of sp³-hybridized carbons (Fsp3) is 0.933. The van der Waals surface area contributed by atoms with E-state index in [1.165, 1.54) is 25.7 Å². The maximum Gasteiger partial charge on any atom is 0.222 e. The van der Waals surface area contributed by atoms with E-state index in [-0.39, 0.29) is 0 Å². The Kier molecular flexibility index (Phi) is 4.31. The van der Waals surface area contributed by atoms with E-state index in [2.05, 4.69) is 18.7 Å². The lowest BCUT2D eigenvalue weighted by atomic mass is 9.80. The van der Waals surface area contributed by atoms with Crippen LogP contribution in [0.3, 0.4) is 0 Å². The SMILES string of the molecule is CC1(C)CCN(C(=O)CC2CCC(CN)CC2)C1. The molecular weight excluding hydrogens is 224 g/mol. The molecule has 3 nitrogen and oxygen atoms in total. The van der Waals surface area contributed by atoms with E-state index in [0.717, 1.165) is 32.5 Å². The molecule has 0 bridgehead atoms. The van der Waals surface area contributed by atoms with Crippen LogP contribution in [0.2, 0.25) is 0 Å². The molecule has 0 radical (unpaired) electrons. The molecule has 0 aromatic rings. The summed E-state index contributed by atoms with van der Waals surface area (Å²) in [6.07, 6.45) is 6.77. The lowest BCUT2D eigenvalue weighted by molar-refractivity contribution is -0.131. The maximum absolute atomic E-state index is 12.3. The van der Waals surface area contributed by atoms with Gasteiger partial charge in [0.05, 0.1) is 0 Å². The van der Waals surface area contributed by atoms with E-state index in [1.807, 2.05) is 0 Å². The van der Waals surface area contributed by atoms with E-state index < -0.39 is 0 Å². The minimum atomic E-state index is 0.326. The first-order valence-electron chi connectivity index (χ1n) is 7.48. The highest BCUT2D eigenvalue weighted by molar-refractivity contribution is 5.76. The van der Waals surface area contributed by atoms with Crippen LogP contribution >= 0.6 is 0 Å². The second kappa shape index (κ2) is 5.60. The second-order valence-corrected chi connectivity index (χ2v) is 7.06. The maximum atomic E-state index is 12.3. The third kappa shape index (κ3) is 3.47. The molecule has 18 heavy (non-hydrogen) atoms. The zero-order valence-corrected chi connectivity index (χ0v) is 12.0. The minimum Gasteiger partial charge on any atom is -0.342 e. The molecule has 1 amide bonds. The normalized spacial score (nSPS) is 31.6. The number of nitrogens with zero attached hydrogens (tertiary/aromatic N) is 1. The summed E-state index contributed by atoms with van der Waals surface area (Å²) in [6, 6.07) is 0. The van der Waals surface area contributed by atoms with Gasteiger partial charge in [0.15, 0.2) is 0 Å². The summed E-state index contributed by atoms with van der Waals surface area (Å²) < 4.78 is 0. The fourth-order valence-electron chi connectivity index (χ4n) is 3.37. The lowest BCUT2D eigenvalue weighted by Gasteiger charge is -2.29. The topological polar surface area (TPSA) is 46.3 Å². The summed E-state index contributed by atoms with van der Waals surface area (Å²) in [6.45, 7) is 7.24. The van der Waals surface area contributed by atoms with E-state index >= 15 is 0 Å². The van der Waals surface area contributed by atoms with Crippen molar-refractivity contribution in [2.75, 3.05) is 19.6 Å². The molecule has 2 fully saturated rings. The van der Waals surface area contributed by atoms with Crippen molar-refractivity contribution < 1.29 is 4.79 Å². The third-order valence-electron chi connectivity index (χ3n) is 4.79. The number of hydrogen-bond acceptors (Lipinski definition) is 2. The number of hydrogen-bond donors (Lipinski definition) is 1. The van der Waals surface area contributed by atoms with Crippen molar-refractivity contribution in [1.29, 1.82) is 0 Å². The molecule has 0 atom stereocenters. The highest BCUT2D eigenvalue weighted by atomic mass is 16.2. The molecule has 2 N–H and O–H groups in total. The third-order valence-corrected chi connectivity index (χ3v) is 4.79. The Balaban J connectivity index is 1.75. The number of likely N-dealkylation sites (tertiary alicyclic amines) is 1. The summed E-state index contributed by atoms with van der Waals surface area (Å²) in [5, 5.41) is 0. The summed E-state index contributed by atoms with van der Waals surface area (Å²) in [5.41, 5.74) is 6.03. The first-order valence-corrected chi connectivity index (χ1v) is 7.48. The van der Waals surface area contributed by atoms with Gasteiger partial charge in [-0.15, -0.1) is 0 Å². The van der Waals surface area contributed by atoms with Gasteiger partial charge in [0, 0.05) is 19.5 Å². The molecule has 2 rings (SSSR count). The Labute approximate surface area is 111 Å². The standard InChI is InChI=1S/C15H28N2O/c1-15(2)7-8-17(11-15)14(18)9-12-3-5-13(10-16)6-4-12/h12-13H,3-11,16H2,1-2H3. The Morgan fingerprint density at radius 1 is 1.22 bits per heavy atom. The molecule has 1 aliphatic heterocycles. The predicted octanol–water partition coefficient (Wildman–Crippen LogP) is 2.40. The highest BCUT2D eigenvalue weighted by Gasteiger charge is 2.33. The highest BCUT2D eigenvalue weighted by Crippen LogP contribution is 2.33. The number of amides is 1. The van der Waals surface area contributed by atoms with Crippen molar-refractivity contribution in [2.45, 2.75) is 52.4 Å². The van der Waals surface area contributed by atoms with Crippen LogP contribution in [0.15, 0.2) is 0 Å². The molecule has 2 aliphatic rings. The largest absolute Gasteiger partial charge is 0.342 e. The Bertz CT molecular complexity index is 293. The van der Waals surface area contributed by atoms with Crippen molar-refractivity contribution in [3.63, 3.8) is 0 Å². The number of carbonyl (C=O) groups excluding carboxylic acids is 1. The van der Waals surface area contributed by atoms with E-state index in [1.54, 1.807) is 0 Å². The second-order valence-electron chi connectivity index (χ2n) is 7.06. The summed E-state index contributed by atoms with van der Waals surface area (Å²) >= 11 is 0. The van der Waals surface area contributed by atoms with Gasteiger partial charge < -0.3 is 10.6 Å². The molecule has 0 unspecified atom stereocenters. The molecule has 0 aromatic carbocycles. The van der Waals surface area contributed by atoms with Crippen LogP contribution in [0.5, 0.6) is 0 Å². The molecule has 1 saturated heterocycles. The number of carbonyl (C=O) groups is 1. The van der Waals surface area contributed by atoms with E-state index in [0.29, 0.717) is 23.2 Å². The van der Waals surface area contributed by atoms with Crippen LogP contribution in [0, 0.1) is 17.3 Å². The van der Waals surface area contributed by atoms with Gasteiger partial charge in [-0.3, -0.25) is 4.79 Å². The van der Waals surface area contributed by atoms with Crippen molar-refractivity contribution >= 4 is 5.91 Å². The van der Waals surface area contributed by atoms with Crippen LogP contribution in [0.25, 0.3) is 0 Å². The van der Waals surface area contributed by atoms with Crippen molar-refractivity contribution in [3.8, 4) is 0 Å². The Morgan fingerprint density at radius 3 is 2.33 bits per heavy atom. The Hall–Kier alpha value is -0.570. The van der Waals surface area contributed by atoms with Gasteiger partial charge in [-0.1, -0.05) is 13.8 Å². The molecule has 1 aliphatic carbocycles. The van der Waals surface area contributed by atoms with Crippen molar-refractivity contribution in [3.05, 3.63) is 0 Å². The zero-order chi connectivity index (χ0) is 13.2. The zero-order valence-electron chi connectivity index (χ0n) is 12.0. The quantitative estimate of drug-likeness (QED) is 0.838. The van der Waals surface area contributed by atoms with Gasteiger partial charge >= 0.3 is 0 Å². The van der Waals surface area contributed by atoms with Gasteiger partial charge in [-0.2, -0.15) is 0 Å². The molecular formula is C15H28N2O. The first-order chi connectivity index (χ1) is 8.50.